The molecule has 0 saturated carbocycles. The van der Waals surface area contributed by atoms with E-state index in [-0.39, 0.29) is 5.91 Å². The molecule has 2 heterocycles. The number of amides is 1. The molecule has 1 saturated heterocycles. The monoisotopic (exact) mass is 317 g/mol. The summed E-state index contributed by atoms with van der Waals surface area (Å²) in [6.45, 7) is 3.20. The number of ether oxygens (including phenoxy) is 1. The molecule has 0 unspecified atom stereocenters. The minimum absolute atomic E-state index is 0.00612. The Morgan fingerprint density at radius 3 is 3.05 bits per heavy atom. The molecule has 1 aromatic carbocycles. The van der Waals surface area contributed by atoms with E-state index in [2.05, 4.69) is 6.08 Å². The SMILES string of the molecule is CCCN1C(=O)C(=CC2=Cc3ccccc3OC2)SC1=S. The van der Waals surface area contributed by atoms with Crippen LogP contribution >= 0.6 is 24.0 Å². The molecule has 0 atom stereocenters. The molecule has 3 nitrogen and oxygen atoms in total. The fraction of sp³-hybridized carbons (Fsp3) is 0.250. The van der Waals surface area contributed by atoms with Gasteiger partial charge >= 0.3 is 0 Å². The zero-order chi connectivity index (χ0) is 14.8. The Morgan fingerprint density at radius 1 is 1.43 bits per heavy atom. The molecular weight excluding hydrogens is 302 g/mol. The highest BCUT2D eigenvalue weighted by Crippen LogP contribution is 2.33. The summed E-state index contributed by atoms with van der Waals surface area (Å²) in [5.74, 6) is 0.889. The van der Waals surface area contributed by atoms with Gasteiger partial charge in [-0.3, -0.25) is 9.69 Å². The van der Waals surface area contributed by atoms with E-state index >= 15 is 0 Å². The molecule has 0 N–H and O–H groups in total. The lowest BCUT2D eigenvalue weighted by Crippen LogP contribution is -2.28. The van der Waals surface area contributed by atoms with Gasteiger partial charge in [0.2, 0.25) is 0 Å². The first kappa shape index (κ1) is 14.4. The van der Waals surface area contributed by atoms with E-state index in [9.17, 15) is 4.79 Å². The first-order valence-corrected chi connectivity index (χ1v) is 8.09. The van der Waals surface area contributed by atoms with E-state index < -0.39 is 0 Å². The van der Waals surface area contributed by atoms with Crippen molar-refractivity contribution < 1.29 is 9.53 Å². The topological polar surface area (TPSA) is 29.5 Å². The molecule has 0 radical (unpaired) electrons. The number of nitrogens with zero attached hydrogens (tertiary/aromatic N) is 1. The lowest BCUT2D eigenvalue weighted by atomic mass is 10.1. The second kappa shape index (κ2) is 6.03. The van der Waals surface area contributed by atoms with Gasteiger partial charge in [-0.05, 0) is 30.2 Å². The molecule has 1 fully saturated rings. The van der Waals surface area contributed by atoms with Gasteiger partial charge in [0.1, 0.15) is 16.7 Å². The van der Waals surface area contributed by atoms with Gasteiger partial charge in [-0.2, -0.15) is 0 Å². The van der Waals surface area contributed by atoms with Gasteiger partial charge in [0.15, 0.2) is 0 Å². The smallest absolute Gasteiger partial charge is 0.266 e. The molecule has 2 aliphatic rings. The van der Waals surface area contributed by atoms with Crippen LogP contribution < -0.4 is 4.74 Å². The molecule has 108 valence electrons. The number of thioether (sulfide) groups is 1. The number of benzene rings is 1. The number of carbonyl (C=O) groups excluding carboxylic acids is 1. The molecule has 0 aliphatic carbocycles. The Morgan fingerprint density at radius 2 is 2.24 bits per heavy atom. The maximum Gasteiger partial charge on any atom is 0.266 e. The predicted molar refractivity (Wildman–Crippen MR) is 90.2 cm³/mol. The third kappa shape index (κ3) is 2.89. The standard InChI is InChI=1S/C16H15NO2S2/c1-2-7-17-15(18)14(21-16(17)20)9-11-8-12-5-3-4-6-13(12)19-10-11/h3-6,8-9H,2,7,10H2,1H3. The maximum absolute atomic E-state index is 12.3. The van der Waals surface area contributed by atoms with Crippen molar-refractivity contribution in [2.75, 3.05) is 13.2 Å². The fourth-order valence-corrected chi connectivity index (χ4v) is 3.63. The zero-order valence-electron chi connectivity index (χ0n) is 11.7. The summed E-state index contributed by atoms with van der Waals surface area (Å²) in [5.41, 5.74) is 2.03. The van der Waals surface area contributed by atoms with E-state index in [4.69, 9.17) is 17.0 Å². The van der Waals surface area contributed by atoms with Gasteiger partial charge < -0.3 is 4.74 Å². The van der Waals surface area contributed by atoms with Crippen molar-refractivity contribution in [2.24, 2.45) is 0 Å². The van der Waals surface area contributed by atoms with Crippen LogP contribution in [-0.4, -0.2) is 28.3 Å². The Labute approximate surface area is 133 Å². The van der Waals surface area contributed by atoms with E-state index in [1.165, 1.54) is 11.8 Å². The summed E-state index contributed by atoms with van der Waals surface area (Å²) in [7, 11) is 0. The van der Waals surface area contributed by atoms with Crippen LogP contribution in [0.25, 0.3) is 6.08 Å². The third-order valence-corrected chi connectivity index (χ3v) is 4.67. The molecule has 0 aromatic heterocycles. The van der Waals surface area contributed by atoms with E-state index in [1.54, 1.807) is 4.90 Å². The van der Waals surface area contributed by atoms with Gasteiger partial charge in [-0.25, -0.2) is 0 Å². The zero-order valence-corrected chi connectivity index (χ0v) is 13.3. The Bertz CT molecular complexity index is 664. The van der Waals surface area contributed by atoms with Gasteiger partial charge in [-0.15, -0.1) is 0 Å². The minimum Gasteiger partial charge on any atom is -0.488 e. The number of hydrogen-bond donors (Lipinski definition) is 0. The predicted octanol–water partition coefficient (Wildman–Crippen LogP) is 3.62. The van der Waals surface area contributed by atoms with Crippen LogP contribution in [0.5, 0.6) is 5.75 Å². The largest absolute Gasteiger partial charge is 0.488 e. The average Bonchev–Trinajstić information content (AvgIpc) is 2.75. The molecule has 1 aromatic rings. The van der Waals surface area contributed by atoms with Crippen LogP contribution in [0.4, 0.5) is 0 Å². The highest BCUT2D eigenvalue weighted by atomic mass is 32.2. The highest BCUT2D eigenvalue weighted by molar-refractivity contribution is 8.26. The van der Waals surface area contributed by atoms with Crippen LogP contribution in [0.1, 0.15) is 18.9 Å². The lowest BCUT2D eigenvalue weighted by molar-refractivity contribution is -0.122. The van der Waals surface area contributed by atoms with Gasteiger partial charge in [0.05, 0.1) is 4.91 Å². The average molecular weight is 317 g/mol. The summed E-state index contributed by atoms with van der Waals surface area (Å²) in [6, 6.07) is 7.88. The number of rotatable bonds is 3. The second-order valence-electron chi connectivity index (χ2n) is 4.88. The maximum atomic E-state index is 12.3. The quantitative estimate of drug-likeness (QED) is 0.629. The van der Waals surface area contributed by atoms with E-state index in [0.29, 0.717) is 22.4 Å². The summed E-state index contributed by atoms with van der Waals surface area (Å²) >= 11 is 6.64. The van der Waals surface area contributed by atoms with Crippen LogP contribution in [0.2, 0.25) is 0 Å². The number of para-hydroxylation sites is 1. The van der Waals surface area contributed by atoms with Crippen molar-refractivity contribution in [1.82, 2.24) is 4.90 Å². The van der Waals surface area contributed by atoms with Gasteiger partial charge in [0, 0.05) is 12.1 Å². The molecule has 0 bridgehead atoms. The Kier molecular flexibility index (Phi) is 4.12. The number of thiocarbonyl (C=S) groups is 1. The highest BCUT2D eigenvalue weighted by Gasteiger charge is 2.31. The summed E-state index contributed by atoms with van der Waals surface area (Å²) in [6.07, 6.45) is 4.86. The third-order valence-electron chi connectivity index (χ3n) is 3.29. The van der Waals surface area contributed by atoms with E-state index in [0.717, 1.165) is 23.3 Å². The number of fused-ring (bicyclic) bond motifs is 1. The van der Waals surface area contributed by atoms with Gasteiger partial charge in [0.25, 0.3) is 5.91 Å². The van der Waals surface area contributed by atoms with Crippen LogP contribution in [0.15, 0.2) is 40.8 Å². The fourth-order valence-electron chi connectivity index (χ4n) is 2.30. The summed E-state index contributed by atoms with van der Waals surface area (Å²) < 4.78 is 6.35. The molecule has 3 rings (SSSR count). The Balaban J connectivity index is 1.85. The molecule has 21 heavy (non-hydrogen) atoms. The second-order valence-corrected chi connectivity index (χ2v) is 6.55. The van der Waals surface area contributed by atoms with Crippen molar-refractivity contribution in [3.8, 4) is 5.75 Å². The molecule has 5 heteroatoms. The number of hydrogen-bond acceptors (Lipinski definition) is 4. The minimum atomic E-state index is 0.00612. The van der Waals surface area contributed by atoms with Crippen LogP contribution in [-0.2, 0) is 4.79 Å². The van der Waals surface area contributed by atoms with Crippen molar-refractivity contribution in [3.05, 3.63) is 46.4 Å². The molecule has 2 aliphatic heterocycles. The van der Waals surface area contributed by atoms with Crippen molar-refractivity contribution in [1.29, 1.82) is 0 Å². The van der Waals surface area contributed by atoms with Gasteiger partial charge in [-0.1, -0.05) is 49.1 Å². The summed E-state index contributed by atoms with van der Waals surface area (Å²) in [4.78, 5) is 14.7. The van der Waals surface area contributed by atoms with Crippen LogP contribution in [0.3, 0.4) is 0 Å². The van der Waals surface area contributed by atoms with Crippen molar-refractivity contribution in [3.63, 3.8) is 0 Å². The molecule has 1 amide bonds. The molecule has 0 spiro atoms. The molecular formula is C16H15NO2S2. The number of carbonyl (C=O) groups is 1. The van der Waals surface area contributed by atoms with Crippen LogP contribution in [0, 0.1) is 0 Å². The first-order chi connectivity index (χ1) is 10.2. The van der Waals surface area contributed by atoms with E-state index in [1.807, 2.05) is 37.3 Å². The Hall–Kier alpha value is -1.59. The normalized spacial score (nSPS) is 19.6. The lowest BCUT2D eigenvalue weighted by Gasteiger charge is -2.16. The first-order valence-electron chi connectivity index (χ1n) is 6.87. The van der Waals surface area contributed by atoms with Crippen molar-refractivity contribution in [2.45, 2.75) is 13.3 Å². The summed E-state index contributed by atoms with van der Waals surface area (Å²) in [5, 5.41) is 0. The van der Waals surface area contributed by atoms with Crippen molar-refractivity contribution >= 4 is 40.3 Å².